The van der Waals surface area contributed by atoms with Crippen LogP contribution in [-0.2, 0) is 0 Å². The van der Waals surface area contributed by atoms with Crippen LogP contribution >= 0.6 is 0 Å². The van der Waals surface area contributed by atoms with Gasteiger partial charge in [-0.3, -0.25) is 4.90 Å². The second kappa shape index (κ2) is 7.41. The highest BCUT2D eigenvalue weighted by atomic mass is 16.5. The summed E-state index contributed by atoms with van der Waals surface area (Å²) in [5.74, 6) is 1.60. The van der Waals surface area contributed by atoms with E-state index in [-0.39, 0.29) is 0 Å². The minimum Gasteiger partial charge on any atom is -0.439 e. The lowest BCUT2D eigenvalue weighted by atomic mass is 10.1. The third kappa shape index (κ3) is 3.47. The van der Waals surface area contributed by atoms with Gasteiger partial charge in [-0.2, -0.15) is 0 Å². The van der Waals surface area contributed by atoms with Crippen molar-refractivity contribution in [2.45, 2.75) is 38.6 Å². The van der Waals surface area contributed by atoms with Gasteiger partial charge in [0.05, 0.1) is 0 Å². The summed E-state index contributed by atoms with van der Waals surface area (Å²) in [6.07, 6.45) is 6.76. The Labute approximate surface area is 132 Å². The zero-order chi connectivity index (χ0) is 15.2. The Morgan fingerprint density at radius 1 is 1.18 bits per heavy atom. The van der Waals surface area contributed by atoms with E-state index in [9.17, 15) is 0 Å². The summed E-state index contributed by atoms with van der Waals surface area (Å²) in [7, 11) is 0. The lowest BCUT2D eigenvalue weighted by Crippen LogP contribution is -2.24. The second-order valence-electron chi connectivity index (χ2n) is 5.86. The van der Waals surface area contributed by atoms with Crippen molar-refractivity contribution in [3.8, 4) is 11.6 Å². The fraction of sp³-hybridized carbons (Fsp3) is 0.421. The number of ether oxygens (including phenoxy) is 1. The van der Waals surface area contributed by atoms with Crippen molar-refractivity contribution in [1.29, 1.82) is 0 Å². The summed E-state index contributed by atoms with van der Waals surface area (Å²) >= 11 is 0. The van der Waals surface area contributed by atoms with Crippen molar-refractivity contribution in [3.63, 3.8) is 0 Å². The quantitative estimate of drug-likeness (QED) is 0.765. The van der Waals surface area contributed by atoms with Gasteiger partial charge in [-0.15, -0.1) is 0 Å². The summed E-state index contributed by atoms with van der Waals surface area (Å²) in [5, 5.41) is 0. The van der Waals surface area contributed by atoms with Gasteiger partial charge in [0.15, 0.2) is 0 Å². The molecule has 0 bridgehead atoms. The van der Waals surface area contributed by atoms with Crippen molar-refractivity contribution in [1.82, 2.24) is 9.88 Å². The SMILES string of the molecule is CCCCN1CCC[C@@H]1c1cccnc1Oc1ccccc1. The molecule has 0 N–H and O–H groups in total. The monoisotopic (exact) mass is 296 g/mol. The van der Waals surface area contributed by atoms with Gasteiger partial charge < -0.3 is 4.74 Å². The van der Waals surface area contributed by atoms with Crippen LogP contribution in [0.15, 0.2) is 48.7 Å². The van der Waals surface area contributed by atoms with E-state index in [0.717, 1.165) is 11.6 Å². The van der Waals surface area contributed by atoms with E-state index in [1.807, 2.05) is 42.6 Å². The van der Waals surface area contributed by atoms with Crippen LogP contribution in [0, 0.1) is 0 Å². The number of nitrogens with zero attached hydrogens (tertiary/aromatic N) is 2. The third-order valence-corrected chi connectivity index (χ3v) is 4.28. The minimum absolute atomic E-state index is 0.443. The van der Waals surface area contributed by atoms with Crippen LogP contribution in [0.4, 0.5) is 0 Å². The van der Waals surface area contributed by atoms with Gasteiger partial charge in [0.1, 0.15) is 5.75 Å². The highest BCUT2D eigenvalue weighted by Gasteiger charge is 2.28. The number of hydrogen-bond acceptors (Lipinski definition) is 3. The molecule has 0 unspecified atom stereocenters. The number of benzene rings is 1. The summed E-state index contributed by atoms with van der Waals surface area (Å²) in [5.41, 5.74) is 1.22. The number of likely N-dealkylation sites (tertiary alicyclic amines) is 1. The van der Waals surface area contributed by atoms with E-state index in [2.05, 4.69) is 22.9 Å². The molecule has 1 atom stereocenters. The molecule has 116 valence electrons. The average Bonchev–Trinajstić information content (AvgIpc) is 3.03. The van der Waals surface area contributed by atoms with Crippen molar-refractivity contribution in [2.75, 3.05) is 13.1 Å². The van der Waals surface area contributed by atoms with Gasteiger partial charge in [0.25, 0.3) is 0 Å². The number of unbranched alkanes of at least 4 members (excludes halogenated alkanes) is 1. The molecule has 1 saturated heterocycles. The van der Waals surface area contributed by atoms with Crippen LogP contribution < -0.4 is 4.74 Å². The first-order chi connectivity index (χ1) is 10.9. The topological polar surface area (TPSA) is 25.4 Å². The molecule has 22 heavy (non-hydrogen) atoms. The normalized spacial score (nSPS) is 18.5. The number of hydrogen-bond donors (Lipinski definition) is 0. The number of aromatic nitrogens is 1. The summed E-state index contributed by atoms with van der Waals surface area (Å²) in [6, 6.07) is 14.5. The summed E-state index contributed by atoms with van der Waals surface area (Å²) in [4.78, 5) is 7.07. The molecular weight excluding hydrogens is 272 g/mol. The maximum Gasteiger partial charge on any atom is 0.223 e. The molecule has 1 fully saturated rings. The zero-order valence-corrected chi connectivity index (χ0v) is 13.2. The standard InChI is InChI=1S/C19H24N2O/c1-2-3-14-21-15-8-12-18(21)17-11-7-13-20-19(17)22-16-9-5-4-6-10-16/h4-7,9-11,13,18H,2-3,8,12,14-15H2,1H3/t18-/m1/s1. The molecule has 1 aromatic heterocycles. The molecule has 0 spiro atoms. The van der Waals surface area contributed by atoms with Gasteiger partial charge in [0, 0.05) is 17.8 Å². The van der Waals surface area contributed by atoms with Crippen molar-refractivity contribution in [2.24, 2.45) is 0 Å². The molecular formula is C19H24N2O. The van der Waals surface area contributed by atoms with Gasteiger partial charge in [-0.1, -0.05) is 37.6 Å². The van der Waals surface area contributed by atoms with Crippen LogP contribution in [0.1, 0.15) is 44.2 Å². The molecule has 3 heteroatoms. The van der Waals surface area contributed by atoms with Gasteiger partial charge in [-0.25, -0.2) is 4.98 Å². The Hall–Kier alpha value is -1.87. The van der Waals surface area contributed by atoms with Crippen LogP contribution in [-0.4, -0.2) is 23.0 Å². The molecule has 2 aromatic rings. The molecule has 3 nitrogen and oxygen atoms in total. The number of rotatable bonds is 6. The zero-order valence-electron chi connectivity index (χ0n) is 13.2. The molecule has 1 aliphatic heterocycles. The Morgan fingerprint density at radius 3 is 2.86 bits per heavy atom. The lowest BCUT2D eigenvalue weighted by molar-refractivity contribution is 0.248. The maximum atomic E-state index is 6.04. The molecule has 1 aliphatic rings. The summed E-state index contributed by atoms with van der Waals surface area (Å²) < 4.78 is 6.04. The fourth-order valence-electron chi connectivity index (χ4n) is 3.15. The van der Waals surface area contributed by atoms with E-state index in [1.54, 1.807) is 0 Å². The molecule has 1 aromatic carbocycles. The van der Waals surface area contributed by atoms with E-state index in [1.165, 1.54) is 44.3 Å². The van der Waals surface area contributed by atoms with E-state index >= 15 is 0 Å². The smallest absolute Gasteiger partial charge is 0.223 e. The van der Waals surface area contributed by atoms with Gasteiger partial charge in [0.2, 0.25) is 5.88 Å². The second-order valence-corrected chi connectivity index (χ2v) is 5.86. The lowest BCUT2D eigenvalue weighted by Gasteiger charge is -2.25. The van der Waals surface area contributed by atoms with Crippen LogP contribution in [0.3, 0.4) is 0 Å². The number of para-hydroxylation sites is 1. The van der Waals surface area contributed by atoms with Crippen LogP contribution in [0.2, 0.25) is 0 Å². The van der Waals surface area contributed by atoms with Crippen molar-refractivity contribution >= 4 is 0 Å². The third-order valence-electron chi connectivity index (χ3n) is 4.28. The molecule has 0 amide bonds. The highest BCUT2D eigenvalue weighted by Crippen LogP contribution is 2.37. The number of pyridine rings is 1. The molecule has 2 heterocycles. The van der Waals surface area contributed by atoms with Crippen molar-refractivity contribution < 1.29 is 4.74 Å². The first-order valence-corrected chi connectivity index (χ1v) is 8.30. The molecule has 0 saturated carbocycles. The van der Waals surface area contributed by atoms with Crippen LogP contribution in [0.5, 0.6) is 11.6 Å². The molecule has 0 aliphatic carbocycles. The predicted molar refractivity (Wildman–Crippen MR) is 89.2 cm³/mol. The minimum atomic E-state index is 0.443. The van der Waals surface area contributed by atoms with E-state index in [4.69, 9.17) is 4.74 Å². The Balaban J connectivity index is 1.81. The van der Waals surface area contributed by atoms with Gasteiger partial charge in [-0.05, 0) is 50.6 Å². The largest absolute Gasteiger partial charge is 0.439 e. The average molecular weight is 296 g/mol. The maximum absolute atomic E-state index is 6.04. The van der Waals surface area contributed by atoms with E-state index < -0.39 is 0 Å². The van der Waals surface area contributed by atoms with Crippen molar-refractivity contribution in [3.05, 3.63) is 54.2 Å². The first-order valence-electron chi connectivity index (χ1n) is 8.30. The molecule has 0 radical (unpaired) electrons. The Morgan fingerprint density at radius 2 is 2.05 bits per heavy atom. The van der Waals surface area contributed by atoms with E-state index in [0.29, 0.717) is 6.04 Å². The predicted octanol–water partition coefficient (Wildman–Crippen LogP) is 4.81. The highest BCUT2D eigenvalue weighted by molar-refractivity contribution is 5.34. The Bertz CT molecular complexity index is 585. The first kappa shape index (κ1) is 15.0. The van der Waals surface area contributed by atoms with Gasteiger partial charge >= 0.3 is 0 Å². The van der Waals surface area contributed by atoms with Crippen LogP contribution in [0.25, 0.3) is 0 Å². The summed E-state index contributed by atoms with van der Waals surface area (Å²) in [6.45, 7) is 4.60. The Kier molecular flexibility index (Phi) is 5.07. The fourth-order valence-corrected chi connectivity index (χ4v) is 3.15. The molecule has 3 rings (SSSR count).